The molecule has 18 nitrogen and oxygen atoms in total. The van der Waals surface area contributed by atoms with Gasteiger partial charge in [-0.2, -0.15) is 9.97 Å². The number of fused-ring (bicyclic) bond motifs is 2. The van der Waals surface area contributed by atoms with E-state index in [0.29, 0.717) is 71.3 Å². The number of aryl methyl sites for hydroxylation is 4. The fourth-order valence-corrected chi connectivity index (χ4v) is 9.84. The summed E-state index contributed by atoms with van der Waals surface area (Å²) in [6.07, 6.45) is 5.65. The van der Waals surface area contributed by atoms with Crippen LogP contribution in [0.1, 0.15) is 118 Å². The molecular formula is C44H58N10O8S2. The molecule has 0 saturated carbocycles. The highest BCUT2D eigenvalue weighted by molar-refractivity contribution is 7.14. The molecule has 0 spiro atoms. The van der Waals surface area contributed by atoms with Gasteiger partial charge in [0, 0.05) is 35.7 Å². The lowest BCUT2D eigenvalue weighted by atomic mass is 9.92. The largest absolute Gasteiger partial charge is 0.369 e. The van der Waals surface area contributed by atoms with Crippen molar-refractivity contribution in [2.45, 2.75) is 118 Å². The molecule has 0 saturated heterocycles. The maximum absolute atomic E-state index is 12.7. The molecule has 10 N–H and O–H groups in total. The number of ketones is 4. The highest BCUT2D eigenvalue weighted by Gasteiger charge is 2.26. The van der Waals surface area contributed by atoms with Gasteiger partial charge in [0.1, 0.15) is 23.2 Å². The van der Waals surface area contributed by atoms with Crippen molar-refractivity contribution < 1.29 is 28.8 Å². The molecule has 64 heavy (non-hydrogen) atoms. The van der Waals surface area contributed by atoms with Crippen molar-refractivity contribution in [2.24, 2.45) is 11.8 Å². The number of hydrogen-bond donors (Lipinski definition) is 8. The second kappa shape index (κ2) is 22.1. The number of nitrogens with one attached hydrogen (secondary N) is 6. The normalized spacial score (nSPS) is 16.0. The van der Waals surface area contributed by atoms with Crippen molar-refractivity contribution in [1.29, 1.82) is 0 Å². The summed E-state index contributed by atoms with van der Waals surface area (Å²) < 4.78 is 0. The first-order valence-corrected chi connectivity index (χ1v) is 23.0. The van der Waals surface area contributed by atoms with Gasteiger partial charge in [-0.25, -0.2) is 0 Å². The van der Waals surface area contributed by atoms with Crippen LogP contribution >= 0.6 is 22.7 Å². The zero-order valence-corrected chi connectivity index (χ0v) is 38.7. The van der Waals surface area contributed by atoms with Crippen molar-refractivity contribution in [1.82, 2.24) is 30.6 Å². The van der Waals surface area contributed by atoms with Crippen LogP contribution in [0.5, 0.6) is 0 Å². The minimum atomic E-state index is -0.661. The molecule has 0 unspecified atom stereocenters. The summed E-state index contributed by atoms with van der Waals surface area (Å²) in [7, 11) is 0. The quantitative estimate of drug-likeness (QED) is 0.0701. The molecular weight excluding hydrogens is 861 g/mol. The lowest BCUT2D eigenvalue weighted by Crippen LogP contribution is -2.39. The van der Waals surface area contributed by atoms with Crippen molar-refractivity contribution >= 4 is 81.2 Å². The van der Waals surface area contributed by atoms with Gasteiger partial charge in [0.15, 0.2) is 11.6 Å². The van der Waals surface area contributed by atoms with E-state index in [-0.39, 0.29) is 82.6 Å². The molecule has 0 bridgehead atoms. The molecule has 344 valence electrons. The Kier molecular flexibility index (Phi) is 16.9. The van der Waals surface area contributed by atoms with E-state index in [4.69, 9.17) is 11.5 Å². The molecule has 2 amide bonds. The minimum Gasteiger partial charge on any atom is -0.369 e. The van der Waals surface area contributed by atoms with E-state index in [1.54, 1.807) is 0 Å². The van der Waals surface area contributed by atoms with Crippen LogP contribution in [0.4, 0.5) is 23.5 Å². The number of anilines is 4. The summed E-state index contributed by atoms with van der Waals surface area (Å²) in [6, 6.07) is 2.35. The van der Waals surface area contributed by atoms with Gasteiger partial charge >= 0.3 is 0 Å². The van der Waals surface area contributed by atoms with Crippen LogP contribution in [0.25, 0.3) is 0 Å². The van der Waals surface area contributed by atoms with Crippen molar-refractivity contribution in [3.8, 4) is 0 Å². The number of nitrogens with zero attached hydrogens (tertiary/aromatic N) is 2. The topological polar surface area (TPSA) is 294 Å². The number of H-pyrrole nitrogens is 2. The Bertz CT molecular complexity index is 2350. The number of Topliss-reactive ketones (excluding diaryl/α,β-unsaturated/α-hetero) is 4. The van der Waals surface area contributed by atoms with Crippen LogP contribution < -0.4 is 43.9 Å². The monoisotopic (exact) mass is 918 g/mol. The first kappa shape index (κ1) is 49.0. The van der Waals surface area contributed by atoms with Crippen LogP contribution in [0.3, 0.4) is 0 Å². The molecule has 6 rings (SSSR count). The van der Waals surface area contributed by atoms with Gasteiger partial charge in [-0.15, -0.1) is 22.7 Å². The number of thiophene rings is 2. The van der Waals surface area contributed by atoms with E-state index in [9.17, 15) is 38.4 Å². The van der Waals surface area contributed by atoms with Crippen LogP contribution in [0.15, 0.2) is 21.7 Å². The van der Waals surface area contributed by atoms with Gasteiger partial charge in [-0.05, 0) is 128 Å². The lowest BCUT2D eigenvalue weighted by Gasteiger charge is -2.24. The number of nitrogens with two attached hydrogens (primary N) is 2. The molecule has 20 heteroatoms. The summed E-state index contributed by atoms with van der Waals surface area (Å²) in [6.45, 7) is 11.1. The van der Waals surface area contributed by atoms with E-state index in [1.165, 1.54) is 50.4 Å². The maximum atomic E-state index is 12.7. The van der Waals surface area contributed by atoms with Gasteiger partial charge in [-0.1, -0.05) is 0 Å². The highest BCUT2D eigenvalue weighted by atomic mass is 32.1. The molecule has 4 atom stereocenters. The number of carbonyl (C=O) groups is 6. The first-order valence-electron chi connectivity index (χ1n) is 21.3. The van der Waals surface area contributed by atoms with E-state index in [0.717, 1.165) is 46.6 Å². The number of carbonyl (C=O) groups excluding carboxylic acids is 6. The smallest absolute Gasteiger partial charge is 0.261 e. The van der Waals surface area contributed by atoms with Gasteiger partial charge in [0.05, 0.1) is 33.0 Å². The fourth-order valence-electron chi connectivity index (χ4n) is 7.65. The molecule has 0 radical (unpaired) electrons. The Morgan fingerprint density at radius 1 is 0.672 bits per heavy atom. The molecule has 0 aliphatic carbocycles. The average molecular weight is 919 g/mol. The number of rotatable bonds is 18. The van der Waals surface area contributed by atoms with E-state index >= 15 is 0 Å². The molecule has 4 aromatic rings. The van der Waals surface area contributed by atoms with Gasteiger partial charge < -0.3 is 42.3 Å². The van der Waals surface area contributed by atoms with Crippen molar-refractivity contribution in [3.05, 3.63) is 74.6 Å². The summed E-state index contributed by atoms with van der Waals surface area (Å²) in [5, 5.41) is 11.9. The molecule has 4 aromatic heterocycles. The van der Waals surface area contributed by atoms with E-state index in [2.05, 4.69) is 41.2 Å². The van der Waals surface area contributed by atoms with Crippen LogP contribution in [0, 0.1) is 25.7 Å². The van der Waals surface area contributed by atoms with Crippen LogP contribution in [-0.4, -0.2) is 80.1 Å². The Labute approximate surface area is 378 Å². The molecule has 0 fully saturated rings. The molecule has 6 heterocycles. The van der Waals surface area contributed by atoms with Gasteiger partial charge in [0.2, 0.25) is 11.9 Å². The maximum Gasteiger partial charge on any atom is 0.261 e. The summed E-state index contributed by atoms with van der Waals surface area (Å²) >= 11 is 2.84. The van der Waals surface area contributed by atoms with Gasteiger partial charge in [-0.3, -0.25) is 38.7 Å². The zero-order valence-electron chi connectivity index (χ0n) is 37.1. The standard InChI is InChI=1S/2C22H29N5O4S/c2*1-11-8-18(21(31)25-16(13(3)29)6-4-12(2)28)32-17(11)7-5-14-9-15-19(24-10-14)26-22(23)27-20(15)30/h2*8,14,16H,4-7,9-10H2,1-3H3,(H,25,31)(H4,23,24,26,27,30)/t14-,16+;14-,16-/m10/s1. The van der Waals surface area contributed by atoms with Crippen LogP contribution in [-0.2, 0) is 44.9 Å². The molecule has 2 aliphatic rings. The SMILES string of the molecule is CC(=O)CC[C@H](NC(=O)c1cc(C)c(CC[C@@H]2CNc3nc(N)[nH]c(=O)c3C2)s1)C(C)=O.CC(=O)CC[C@H](NC(=O)c1cc(C)c(CC[C@H]2CNc3nc(N)[nH]c(=O)c3C2)s1)C(C)=O. The summed E-state index contributed by atoms with van der Waals surface area (Å²) in [5.74, 6) is 0.907. The summed E-state index contributed by atoms with van der Waals surface area (Å²) in [4.78, 5) is 112. The third kappa shape index (κ3) is 13.5. The second-order valence-corrected chi connectivity index (χ2v) is 19.0. The minimum absolute atomic E-state index is 0.0131. The highest BCUT2D eigenvalue weighted by Crippen LogP contribution is 2.30. The van der Waals surface area contributed by atoms with Crippen LogP contribution in [0.2, 0.25) is 0 Å². The Balaban J connectivity index is 0.000000241. The average Bonchev–Trinajstić information content (AvgIpc) is 3.80. The number of aromatic amines is 2. The Morgan fingerprint density at radius 2 is 1.05 bits per heavy atom. The van der Waals surface area contributed by atoms with Crippen molar-refractivity contribution in [2.75, 3.05) is 35.2 Å². The third-order valence-corrected chi connectivity index (χ3v) is 14.0. The number of aromatic nitrogens is 4. The number of nitrogen functional groups attached to an aromatic ring is 2. The third-order valence-electron chi connectivity index (χ3n) is 11.4. The Hall–Kier alpha value is -6.02. The number of hydrogen-bond acceptors (Lipinski definition) is 16. The second-order valence-electron chi connectivity index (χ2n) is 16.7. The zero-order chi connectivity index (χ0) is 46.8. The lowest BCUT2D eigenvalue weighted by molar-refractivity contribution is -0.121. The Morgan fingerprint density at radius 3 is 1.39 bits per heavy atom. The van der Waals surface area contributed by atoms with Crippen molar-refractivity contribution in [3.63, 3.8) is 0 Å². The first-order chi connectivity index (χ1) is 30.3. The predicted molar refractivity (Wildman–Crippen MR) is 248 cm³/mol. The molecule has 0 aromatic carbocycles. The molecule has 2 aliphatic heterocycles. The number of amides is 2. The van der Waals surface area contributed by atoms with E-state index < -0.39 is 12.1 Å². The van der Waals surface area contributed by atoms with E-state index in [1.807, 2.05) is 26.0 Å². The fraction of sp³-hybridized carbons (Fsp3) is 0.500. The predicted octanol–water partition coefficient (Wildman–Crippen LogP) is 3.99. The van der Waals surface area contributed by atoms with Gasteiger partial charge in [0.25, 0.3) is 22.9 Å². The summed E-state index contributed by atoms with van der Waals surface area (Å²) in [5.41, 5.74) is 14.1.